The monoisotopic (exact) mass is 384 g/mol. The van der Waals surface area contributed by atoms with Gasteiger partial charge < -0.3 is 25.2 Å². The Bertz CT molecular complexity index is 804. The Morgan fingerprint density at radius 2 is 1.61 bits per heavy atom. The van der Waals surface area contributed by atoms with Crippen molar-refractivity contribution in [2.24, 2.45) is 0 Å². The smallest absolute Gasteiger partial charge is 0.313 e. The lowest BCUT2D eigenvalue weighted by molar-refractivity contribution is -0.136. The van der Waals surface area contributed by atoms with Crippen LogP contribution in [0.15, 0.2) is 48.5 Å². The molecule has 2 rings (SSSR count). The van der Waals surface area contributed by atoms with Crippen LogP contribution in [-0.4, -0.2) is 58.6 Å². The molecule has 0 aliphatic rings. The minimum absolute atomic E-state index is 0.0563. The molecule has 0 bridgehead atoms. The van der Waals surface area contributed by atoms with Crippen LogP contribution in [0.25, 0.3) is 0 Å². The molecule has 0 radical (unpaired) electrons. The van der Waals surface area contributed by atoms with Crippen LogP contribution < -0.4 is 20.3 Å². The van der Waals surface area contributed by atoms with Crippen molar-refractivity contribution in [1.29, 1.82) is 0 Å². The minimum atomic E-state index is -0.732. The van der Waals surface area contributed by atoms with Gasteiger partial charge in [-0.2, -0.15) is 0 Å². The summed E-state index contributed by atoms with van der Waals surface area (Å²) in [7, 11) is 9.35. The van der Waals surface area contributed by atoms with Crippen LogP contribution in [0.3, 0.4) is 0 Å². The van der Waals surface area contributed by atoms with Crippen molar-refractivity contribution in [3.8, 4) is 5.75 Å². The van der Waals surface area contributed by atoms with Gasteiger partial charge in [0.15, 0.2) is 0 Å². The second-order valence-electron chi connectivity index (χ2n) is 6.83. The van der Waals surface area contributed by atoms with Crippen molar-refractivity contribution in [3.05, 3.63) is 54.1 Å². The lowest BCUT2D eigenvalue weighted by Gasteiger charge is -2.25. The fraction of sp³-hybridized carbons (Fsp3) is 0.333. The van der Waals surface area contributed by atoms with Gasteiger partial charge in [-0.05, 0) is 43.9 Å². The van der Waals surface area contributed by atoms with Crippen molar-refractivity contribution in [2.45, 2.75) is 6.04 Å². The SMILES string of the molecule is COc1ccccc1NC(=O)C(=O)NCC(c1ccc(N(C)C)cc1)N(C)C. The summed E-state index contributed by atoms with van der Waals surface area (Å²) in [6, 6.07) is 15.0. The summed E-state index contributed by atoms with van der Waals surface area (Å²) in [4.78, 5) is 28.5. The number of likely N-dealkylation sites (N-methyl/N-ethyl adjacent to an activating group) is 1. The zero-order valence-electron chi connectivity index (χ0n) is 17.0. The van der Waals surface area contributed by atoms with Crippen LogP contribution in [0, 0.1) is 0 Å². The van der Waals surface area contributed by atoms with E-state index in [0.717, 1.165) is 11.3 Å². The summed E-state index contributed by atoms with van der Waals surface area (Å²) < 4.78 is 5.18. The van der Waals surface area contributed by atoms with Gasteiger partial charge in [0.25, 0.3) is 0 Å². The number of carbonyl (C=O) groups excluding carboxylic acids is 2. The highest BCUT2D eigenvalue weighted by Crippen LogP contribution is 2.23. The fourth-order valence-corrected chi connectivity index (χ4v) is 2.79. The first-order valence-electron chi connectivity index (χ1n) is 8.99. The molecule has 2 amide bonds. The molecule has 2 aromatic carbocycles. The normalized spacial score (nSPS) is 11.6. The number of benzene rings is 2. The average molecular weight is 384 g/mol. The highest BCUT2D eigenvalue weighted by Gasteiger charge is 2.19. The Hall–Kier alpha value is -3.06. The van der Waals surface area contributed by atoms with E-state index in [1.54, 1.807) is 24.3 Å². The summed E-state index contributed by atoms with van der Waals surface area (Å²) in [5.74, 6) is -0.927. The predicted molar refractivity (Wildman–Crippen MR) is 112 cm³/mol. The minimum Gasteiger partial charge on any atom is -0.495 e. The van der Waals surface area contributed by atoms with Gasteiger partial charge in [0, 0.05) is 26.3 Å². The molecule has 0 spiro atoms. The van der Waals surface area contributed by atoms with E-state index in [0.29, 0.717) is 18.0 Å². The number of methoxy groups -OCH3 is 1. The third-order valence-electron chi connectivity index (χ3n) is 4.43. The number of ether oxygens (including phenoxy) is 1. The molecule has 150 valence electrons. The van der Waals surface area contributed by atoms with Gasteiger partial charge in [-0.15, -0.1) is 0 Å². The van der Waals surface area contributed by atoms with E-state index in [4.69, 9.17) is 4.74 Å². The maximum Gasteiger partial charge on any atom is 0.313 e. The molecule has 0 saturated carbocycles. The molecular formula is C21H28N4O3. The Labute approximate surface area is 166 Å². The second kappa shape index (κ2) is 9.75. The number of hydrogen-bond acceptors (Lipinski definition) is 5. The molecule has 7 nitrogen and oxygen atoms in total. The Balaban J connectivity index is 2.00. The van der Waals surface area contributed by atoms with Crippen molar-refractivity contribution in [1.82, 2.24) is 10.2 Å². The number of nitrogens with zero attached hydrogens (tertiary/aromatic N) is 2. The van der Waals surface area contributed by atoms with Gasteiger partial charge in [0.1, 0.15) is 5.75 Å². The number of carbonyl (C=O) groups is 2. The third-order valence-corrected chi connectivity index (χ3v) is 4.43. The average Bonchev–Trinajstić information content (AvgIpc) is 2.68. The maximum atomic E-state index is 12.3. The largest absolute Gasteiger partial charge is 0.495 e. The molecule has 0 aliphatic carbocycles. The van der Waals surface area contributed by atoms with Crippen LogP contribution in [0.2, 0.25) is 0 Å². The standard InChI is InChI=1S/C21H28N4O3/c1-24(2)16-12-10-15(11-13-16)18(25(3)4)14-22-20(26)21(27)23-17-8-6-7-9-19(17)28-5/h6-13,18H,14H2,1-5H3,(H,22,26)(H,23,27). The van der Waals surface area contributed by atoms with Crippen LogP contribution >= 0.6 is 0 Å². The Morgan fingerprint density at radius 3 is 2.18 bits per heavy atom. The van der Waals surface area contributed by atoms with Crippen molar-refractivity contribution in [3.63, 3.8) is 0 Å². The zero-order valence-corrected chi connectivity index (χ0v) is 17.0. The summed E-state index contributed by atoms with van der Waals surface area (Å²) in [6.45, 7) is 0.312. The molecule has 2 aromatic rings. The first-order valence-corrected chi connectivity index (χ1v) is 8.99. The van der Waals surface area contributed by atoms with Gasteiger partial charge in [-0.25, -0.2) is 0 Å². The van der Waals surface area contributed by atoms with E-state index < -0.39 is 11.8 Å². The number of anilines is 2. The molecule has 1 atom stereocenters. The highest BCUT2D eigenvalue weighted by atomic mass is 16.5. The van der Waals surface area contributed by atoms with Crippen LogP contribution in [-0.2, 0) is 9.59 Å². The van der Waals surface area contributed by atoms with E-state index in [9.17, 15) is 9.59 Å². The van der Waals surface area contributed by atoms with Gasteiger partial charge in [-0.1, -0.05) is 24.3 Å². The predicted octanol–water partition coefficient (Wildman–Crippen LogP) is 2.12. The number of amides is 2. The van der Waals surface area contributed by atoms with E-state index in [2.05, 4.69) is 10.6 Å². The summed E-state index contributed by atoms with van der Waals surface area (Å²) >= 11 is 0. The second-order valence-corrected chi connectivity index (χ2v) is 6.83. The number of hydrogen-bond donors (Lipinski definition) is 2. The van der Waals surface area contributed by atoms with Crippen molar-refractivity contribution in [2.75, 3.05) is 52.1 Å². The Morgan fingerprint density at radius 1 is 0.964 bits per heavy atom. The lowest BCUT2D eigenvalue weighted by Crippen LogP contribution is -2.40. The molecule has 0 aliphatic heterocycles. The van der Waals surface area contributed by atoms with Crippen molar-refractivity contribution < 1.29 is 14.3 Å². The van der Waals surface area contributed by atoms with Crippen molar-refractivity contribution >= 4 is 23.2 Å². The molecule has 2 N–H and O–H groups in total. The van der Waals surface area contributed by atoms with Gasteiger partial charge in [0.05, 0.1) is 18.8 Å². The van der Waals surface area contributed by atoms with E-state index >= 15 is 0 Å². The summed E-state index contributed by atoms with van der Waals surface area (Å²) in [5, 5.41) is 5.29. The van der Waals surface area contributed by atoms with Crippen LogP contribution in [0.5, 0.6) is 5.75 Å². The number of para-hydroxylation sites is 2. The van der Waals surface area contributed by atoms with Gasteiger partial charge in [-0.3, -0.25) is 9.59 Å². The first-order chi connectivity index (χ1) is 13.3. The van der Waals surface area contributed by atoms with E-state index in [-0.39, 0.29) is 6.04 Å². The third kappa shape index (κ3) is 5.47. The van der Waals surface area contributed by atoms with Gasteiger partial charge >= 0.3 is 11.8 Å². The number of rotatable bonds is 7. The molecule has 0 fully saturated rings. The maximum absolute atomic E-state index is 12.3. The topological polar surface area (TPSA) is 73.9 Å². The number of nitrogens with one attached hydrogen (secondary N) is 2. The summed E-state index contributed by atoms with van der Waals surface area (Å²) in [5.41, 5.74) is 2.61. The van der Waals surface area contributed by atoms with E-state index in [1.165, 1.54) is 7.11 Å². The van der Waals surface area contributed by atoms with Crippen LogP contribution in [0.1, 0.15) is 11.6 Å². The van der Waals surface area contributed by atoms with Gasteiger partial charge in [0.2, 0.25) is 0 Å². The molecule has 1 unspecified atom stereocenters. The lowest BCUT2D eigenvalue weighted by atomic mass is 10.1. The first kappa shape index (κ1) is 21.2. The molecular weight excluding hydrogens is 356 g/mol. The van der Waals surface area contributed by atoms with Crippen LogP contribution in [0.4, 0.5) is 11.4 Å². The molecule has 7 heteroatoms. The fourth-order valence-electron chi connectivity index (χ4n) is 2.79. The molecule has 28 heavy (non-hydrogen) atoms. The quantitative estimate of drug-likeness (QED) is 0.716. The molecule has 0 saturated heterocycles. The molecule has 0 aromatic heterocycles. The summed E-state index contributed by atoms with van der Waals surface area (Å²) in [6.07, 6.45) is 0. The zero-order chi connectivity index (χ0) is 20.7. The molecule has 0 heterocycles. The highest BCUT2D eigenvalue weighted by molar-refractivity contribution is 6.39. The Kier molecular flexibility index (Phi) is 7.40. The van der Waals surface area contributed by atoms with E-state index in [1.807, 2.05) is 62.3 Å².